The number of hydrogen-bond acceptors (Lipinski definition) is 5. The number of rotatable bonds is 3. The highest BCUT2D eigenvalue weighted by Crippen LogP contribution is 2.29. The van der Waals surface area contributed by atoms with Crippen LogP contribution in [0.4, 0.5) is 17.5 Å². The maximum atomic E-state index is 5.43. The van der Waals surface area contributed by atoms with E-state index in [0.29, 0.717) is 13.2 Å². The topological polar surface area (TPSA) is 50.3 Å². The lowest BCUT2D eigenvalue weighted by atomic mass is 10.2. The van der Waals surface area contributed by atoms with Crippen LogP contribution >= 0.6 is 15.9 Å². The summed E-state index contributed by atoms with van der Waals surface area (Å²) >= 11 is 3.54. The Labute approximate surface area is 148 Å². The van der Waals surface area contributed by atoms with Gasteiger partial charge in [-0.2, -0.15) is 4.98 Å². The van der Waals surface area contributed by atoms with Crippen molar-refractivity contribution in [2.45, 2.75) is 0 Å². The summed E-state index contributed by atoms with van der Waals surface area (Å²) in [6.07, 6.45) is 0. The number of hydrogen-bond donors (Lipinski definition) is 1. The molecular weight excluding hydrogens is 368 g/mol. The van der Waals surface area contributed by atoms with Gasteiger partial charge in [0, 0.05) is 28.6 Å². The molecule has 2 aromatic carbocycles. The van der Waals surface area contributed by atoms with Crippen LogP contribution in [-0.4, -0.2) is 36.3 Å². The second kappa shape index (κ2) is 6.75. The first-order valence-corrected chi connectivity index (χ1v) is 8.71. The van der Waals surface area contributed by atoms with Crippen LogP contribution in [0.1, 0.15) is 0 Å². The molecule has 0 spiro atoms. The molecule has 1 aromatic heterocycles. The molecule has 1 aliphatic heterocycles. The molecule has 0 saturated carbocycles. The van der Waals surface area contributed by atoms with Crippen LogP contribution in [-0.2, 0) is 4.74 Å². The summed E-state index contributed by atoms with van der Waals surface area (Å²) in [5.41, 5.74) is 1.93. The number of halogens is 1. The summed E-state index contributed by atoms with van der Waals surface area (Å²) in [5.74, 6) is 1.56. The summed E-state index contributed by atoms with van der Waals surface area (Å²) in [6, 6.07) is 16.1. The Morgan fingerprint density at radius 3 is 2.58 bits per heavy atom. The molecule has 1 N–H and O–H groups in total. The lowest BCUT2D eigenvalue weighted by Gasteiger charge is -2.27. The van der Waals surface area contributed by atoms with E-state index in [0.717, 1.165) is 45.9 Å². The number of anilines is 3. The largest absolute Gasteiger partial charge is 0.378 e. The Hall–Kier alpha value is -2.18. The highest BCUT2D eigenvalue weighted by molar-refractivity contribution is 9.10. The zero-order valence-corrected chi connectivity index (χ0v) is 14.7. The monoisotopic (exact) mass is 384 g/mol. The first-order valence-electron chi connectivity index (χ1n) is 7.92. The minimum atomic E-state index is 0.711. The van der Waals surface area contributed by atoms with Crippen molar-refractivity contribution in [1.29, 1.82) is 0 Å². The van der Waals surface area contributed by atoms with Crippen LogP contribution in [0.5, 0.6) is 0 Å². The van der Waals surface area contributed by atoms with Crippen molar-refractivity contribution in [2.24, 2.45) is 0 Å². The number of ether oxygens (including phenoxy) is 1. The smallest absolute Gasteiger partial charge is 0.228 e. The van der Waals surface area contributed by atoms with Gasteiger partial charge in [-0.05, 0) is 30.3 Å². The first-order chi connectivity index (χ1) is 11.8. The normalized spacial score (nSPS) is 14.8. The summed E-state index contributed by atoms with van der Waals surface area (Å²) in [4.78, 5) is 11.7. The van der Waals surface area contributed by atoms with Gasteiger partial charge in [0.15, 0.2) is 0 Å². The van der Waals surface area contributed by atoms with Gasteiger partial charge < -0.3 is 15.0 Å². The molecule has 0 bridgehead atoms. The van der Waals surface area contributed by atoms with Crippen molar-refractivity contribution in [3.05, 3.63) is 53.0 Å². The molecule has 0 aliphatic carbocycles. The molecule has 2 heterocycles. The fourth-order valence-corrected chi connectivity index (χ4v) is 3.11. The van der Waals surface area contributed by atoms with E-state index in [1.807, 2.05) is 48.5 Å². The lowest BCUT2D eigenvalue weighted by Crippen LogP contribution is -2.37. The molecule has 122 valence electrons. The third-order valence-corrected chi connectivity index (χ3v) is 4.47. The Morgan fingerprint density at radius 2 is 1.79 bits per heavy atom. The van der Waals surface area contributed by atoms with Crippen molar-refractivity contribution in [3.8, 4) is 0 Å². The molecule has 3 aromatic rings. The minimum Gasteiger partial charge on any atom is -0.378 e. The first kappa shape index (κ1) is 15.4. The molecule has 4 rings (SSSR count). The number of nitrogens with one attached hydrogen (secondary N) is 1. The second-order valence-corrected chi connectivity index (χ2v) is 6.54. The fourth-order valence-electron chi connectivity index (χ4n) is 2.75. The van der Waals surface area contributed by atoms with E-state index >= 15 is 0 Å². The molecule has 0 unspecified atom stereocenters. The zero-order valence-electron chi connectivity index (χ0n) is 13.1. The number of benzene rings is 2. The summed E-state index contributed by atoms with van der Waals surface area (Å²) in [5, 5.41) is 4.41. The van der Waals surface area contributed by atoms with Crippen LogP contribution < -0.4 is 10.2 Å². The van der Waals surface area contributed by atoms with Crippen LogP contribution in [0.3, 0.4) is 0 Å². The SMILES string of the molecule is Brc1ccc2nc(N3CCOCC3)nc(Nc3ccccc3)c2c1. The fraction of sp³-hybridized carbons (Fsp3) is 0.222. The standard InChI is InChI=1S/C18H17BrN4O/c19-13-6-7-16-15(12-13)17(20-14-4-2-1-3-5-14)22-18(21-16)23-8-10-24-11-9-23/h1-7,12H,8-11H2,(H,20,21,22). The third-order valence-electron chi connectivity index (χ3n) is 3.98. The molecule has 1 aliphatic rings. The highest BCUT2D eigenvalue weighted by Gasteiger charge is 2.17. The van der Waals surface area contributed by atoms with E-state index in [4.69, 9.17) is 14.7 Å². The lowest BCUT2D eigenvalue weighted by molar-refractivity contribution is 0.122. The third kappa shape index (κ3) is 3.20. The van der Waals surface area contributed by atoms with Gasteiger partial charge in [-0.3, -0.25) is 0 Å². The molecular formula is C18H17BrN4O. The van der Waals surface area contributed by atoms with E-state index in [1.54, 1.807) is 0 Å². The summed E-state index contributed by atoms with van der Waals surface area (Å²) < 4.78 is 6.44. The number of aromatic nitrogens is 2. The second-order valence-electron chi connectivity index (χ2n) is 5.62. The Morgan fingerprint density at radius 1 is 1.00 bits per heavy atom. The van der Waals surface area contributed by atoms with Crippen LogP contribution in [0.25, 0.3) is 10.9 Å². The minimum absolute atomic E-state index is 0.711. The van der Waals surface area contributed by atoms with Gasteiger partial charge in [-0.1, -0.05) is 34.1 Å². The van der Waals surface area contributed by atoms with Crippen molar-refractivity contribution >= 4 is 44.3 Å². The summed E-state index contributed by atoms with van der Waals surface area (Å²) in [7, 11) is 0. The van der Waals surface area contributed by atoms with Crippen molar-refractivity contribution < 1.29 is 4.74 Å². The molecule has 0 atom stereocenters. The van der Waals surface area contributed by atoms with E-state index in [2.05, 4.69) is 26.1 Å². The van der Waals surface area contributed by atoms with E-state index in [1.165, 1.54) is 0 Å². The predicted octanol–water partition coefficient (Wildman–Crippen LogP) is 3.97. The number of fused-ring (bicyclic) bond motifs is 1. The average molecular weight is 385 g/mol. The van der Waals surface area contributed by atoms with Crippen LogP contribution in [0, 0.1) is 0 Å². The van der Waals surface area contributed by atoms with E-state index in [9.17, 15) is 0 Å². The van der Waals surface area contributed by atoms with Gasteiger partial charge in [0.2, 0.25) is 5.95 Å². The quantitative estimate of drug-likeness (QED) is 0.740. The molecule has 1 fully saturated rings. The van der Waals surface area contributed by atoms with Crippen molar-refractivity contribution in [1.82, 2.24) is 9.97 Å². The average Bonchev–Trinajstić information content (AvgIpc) is 2.63. The van der Waals surface area contributed by atoms with E-state index < -0.39 is 0 Å². The number of nitrogens with zero attached hydrogens (tertiary/aromatic N) is 3. The Kier molecular flexibility index (Phi) is 4.32. The van der Waals surface area contributed by atoms with Crippen LogP contribution in [0.15, 0.2) is 53.0 Å². The molecule has 1 saturated heterocycles. The Balaban J connectivity index is 1.80. The maximum Gasteiger partial charge on any atom is 0.228 e. The van der Waals surface area contributed by atoms with Gasteiger partial charge in [0.05, 0.1) is 18.7 Å². The van der Waals surface area contributed by atoms with Crippen LogP contribution in [0.2, 0.25) is 0 Å². The molecule has 6 heteroatoms. The molecule has 5 nitrogen and oxygen atoms in total. The summed E-state index contributed by atoms with van der Waals surface area (Å²) in [6.45, 7) is 3.05. The molecule has 0 radical (unpaired) electrons. The van der Waals surface area contributed by atoms with E-state index in [-0.39, 0.29) is 0 Å². The number of morpholine rings is 1. The molecule has 0 amide bonds. The zero-order chi connectivity index (χ0) is 16.4. The molecule has 24 heavy (non-hydrogen) atoms. The van der Waals surface area contributed by atoms with Crippen molar-refractivity contribution in [2.75, 3.05) is 36.5 Å². The Bertz CT molecular complexity index is 850. The van der Waals surface area contributed by atoms with Gasteiger partial charge in [0.1, 0.15) is 5.82 Å². The predicted molar refractivity (Wildman–Crippen MR) is 100.0 cm³/mol. The van der Waals surface area contributed by atoms with Gasteiger partial charge in [-0.25, -0.2) is 4.98 Å². The maximum absolute atomic E-state index is 5.43. The van der Waals surface area contributed by atoms with Crippen molar-refractivity contribution in [3.63, 3.8) is 0 Å². The van der Waals surface area contributed by atoms with Gasteiger partial charge in [-0.15, -0.1) is 0 Å². The highest BCUT2D eigenvalue weighted by atomic mass is 79.9. The van der Waals surface area contributed by atoms with Gasteiger partial charge in [0.25, 0.3) is 0 Å². The van der Waals surface area contributed by atoms with Gasteiger partial charge >= 0.3 is 0 Å². The number of para-hydroxylation sites is 1.